The van der Waals surface area contributed by atoms with Gasteiger partial charge in [0.15, 0.2) is 0 Å². The molecule has 1 fully saturated rings. The first kappa shape index (κ1) is 24.5. The van der Waals surface area contributed by atoms with Crippen molar-refractivity contribution < 1.29 is 14.3 Å². The lowest BCUT2D eigenvalue weighted by molar-refractivity contribution is -0.122. The molecule has 4 rings (SSSR count). The monoisotopic (exact) mass is 475 g/mol. The highest BCUT2D eigenvalue weighted by atomic mass is 16.5. The number of rotatable bonds is 7. The van der Waals surface area contributed by atoms with Gasteiger partial charge in [0.05, 0.1) is 18.4 Å². The summed E-state index contributed by atoms with van der Waals surface area (Å²) in [5, 5.41) is 7.02. The van der Waals surface area contributed by atoms with Gasteiger partial charge in [-0.2, -0.15) is 0 Å². The number of pyridine rings is 1. The second kappa shape index (κ2) is 10.8. The quantitative estimate of drug-likeness (QED) is 0.539. The highest BCUT2D eigenvalue weighted by molar-refractivity contribution is 6.06. The summed E-state index contributed by atoms with van der Waals surface area (Å²) in [6.07, 6.45) is 5.09. The number of nitrogens with one attached hydrogen (secondary N) is 2. The van der Waals surface area contributed by atoms with Crippen LogP contribution in [-0.2, 0) is 4.79 Å². The Morgan fingerprint density at radius 3 is 2.60 bits per heavy atom. The van der Waals surface area contributed by atoms with Crippen molar-refractivity contribution in [3.8, 4) is 11.4 Å². The number of aromatic nitrogens is 1. The van der Waals surface area contributed by atoms with Crippen LogP contribution in [0.4, 0.5) is 0 Å². The number of carbonyl (C=O) groups is 2. The first-order valence-electron chi connectivity index (χ1n) is 12.3. The van der Waals surface area contributed by atoms with E-state index in [0.717, 1.165) is 12.8 Å². The van der Waals surface area contributed by atoms with E-state index < -0.39 is 0 Å². The predicted octanol–water partition coefficient (Wildman–Crippen LogP) is 4.06. The minimum atomic E-state index is -0.328. The van der Waals surface area contributed by atoms with Crippen molar-refractivity contribution >= 4 is 22.6 Å². The number of hydrogen-bond acceptors (Lipinski definition) is 4. The fourth-order valence-electron chi connectivity index (χ4n) is 4.87. The van der Waals surface area contributed by atoms with Gasteiger partial charge in [0.1, 0.15) is 5.75 Å². The number of ether oxygens (including phenoxy) is 1. The van der Waals surface area contributed by atoms with Gasteiger partial charge in [-0.25, -0.2) is 0 Å². The highest BCUT2D eigenvalue weighted by Gasteiger charge is 2.28. The second-order valence-corrected chi connectivity index (χ2v) is 9.41. The molecule has 0 saturated heterocycles. The third-order valence-electron chi connectivity index (χ3n) is 7.19. The van der Waals surface area contributed by atoms with Crippen molar-refractivity contribution in [2.24, 2.45) is 11.8 Å². The smallest absolute Gasteiger partial charge is 0.262 e. The molecular weight excluding hydrogens is 442 g/mol. The molecule has 1 aromatic heterocycles. The number of amides is 2. The molecule has 184 valence electrons. The van der Waals surface area contributed by atoms with Crippen LogP contribution in [0.2, 0.25) is 0 Å². The Balaban J connectivity index is 1.51. The molecule has 1 aliphatic rings. The molecule has 0 radical (unpaired) electrons. The van der Waals surface area contributed by atoms with Gasteiger partial charge >= 0.3 is 0 Å². The van der Waals surface area contributed by atoms with Crippen molar-refractivity contribution in [1.29, 1.82) is 0 Å². The Bertz CT molecular complexity index is 1280. The molecule has 3 atom stereocenters. The van der Waals surface area contributed by atoms with Crippen molar-refractivity contribution in [3.05, 3.63) is 70.6 Å². The Hall–Kier alpha value is -3.61. The third kappa shape index (κ3) is 5.39. The molecule has 0 aliphatic heterocycles. The molecule has 1 heterocycles. The van der Waals surface area contributed by atoms with Gasteiger partial charge in [-0.3, -0.25) is 19.0 Å². The lowest BCUT2D eigenvalue weighted by Gasteiger charge is -2.34. The maximum absolute atomic E-state index is 13.2. The summed E-state index contributed by atoms with van der Waals surface area (Å²) in [6, 6.07) is 14.4. The van der Waals surface area contributed by atoms with E-state index in [1.54, 1.807) is 61.8 Å². The van der Waals surface area contributed by atoms with Gasteiger partial charge in [-0.15, -0.1) is 0 Å². The average molecular weight is 476 g/mol. The number of fused-ring (bicyclic) bond motifs is 1. The van der Waals surface area contributed by atoms with E-state index in [4.69, 9.17) is 4.74 Å². The van der Waals surface area contributed by atoms with Crippen LogP contribution in [0.25, 0.3) is 16.5 Å². The SMILES string of the molecule is COc1cccc(-n2cc(C(=O)NCCC(=O)NC3CCCC(C)C3C)c3ccccc3c2=O)c1. The molecule has 2 N–H and O–H groups in total. The zero-order valence-electron chi connectivity index (χ0n) is 20.5. The standard InChI is InChI=1S/C28H33N3O4/c1-18-8-6-13-25(19(18)2)30-26(32)14-15-29-27(33)24-17-31(20-9-7-10-21(16-20)35-3)28(34)23-12-5-4-11-22(23)24/h4-5,7,9-12,16-19,25H,6,8,13-15H2,1-3H3,(H,29,33)(H,30,32). The summed E-state index contributed by atoms with van der Waals surface area (Å²) in [7, 11) is 1.56. The number of hydrogen-bond donors (Lipinski definition) is 2. The highest BCUT2D eigenvalue weighted by Crippen LogP contribution is 2.29. The van der Waals surface area contributed by atoms with E-state index in [-0.39, 0.29) is 36.4 Å². The minimum absolute atomic E-state index is 0.0533. The lowest BCUT2D eigenvalue weighted by Crippen LogP contribution is -2.44. The summed E-state index contributed by atoms with van der Waals surface area (Å²) in [6.45, 7) is 4.64. The molecule has 7 nitrogen and oxygen atoms in total. The fraction of sp³-hybridized carbons (Fsp3) is 0.393. The Kier molecular flexibility index (Phi) is 7.54. The van der Waals surface area contributed by atoms with E-state index >= 15 is 0 Å². The van der Waals surface area contributed by atoms with Crippen LogP contribution in [0.1, 0.15) is 49.9 Å². The molecule has 2 amide bonds. The first-order chi connectivity index (χ1) is 16.9. The molecule has 1 saturated carbocycles. The Labute approximate surface area is 205 Å². The third-order valence-corrected chi connectivity index (χ3v) is 7.19. The molecule has 0 bridgehead atoms. The molecule has 2 aromatic carbocycles. The zero-order valence-corrected chi connectivity index (χ0v) is 20.5. The molecule has 3 aromatic rings. The average Bonchev–Trinajstić information content (AvgIpc) is 2.87. The molecule has 3 unspecified atom stereocenters. The van der Waals surface area contributed by atoms with Gasteiger partial charge in [0.2, 0.25) is 5.91 Å². The van der Waals surface area contributed by atoms with E-state index in [9.17, 15) is 14.4 Å². The largest absolute Gasteiger partial charge is 0.497 e. The zero-order chi connectivity index (χ0) is 24.9. The van der Waals surface area contributed by atoms with Crippen LogP contribution in [0.3, 0.4) is 0 Å². The normalized spacial score (nSPS) is 19.8. The minimum Gasteiger partial charge on any atom is -0.497 e. The molecule has 0 spiro atoms. The molecule has 7 heteroatoms. The summed E-state index contributed by atoms with van der Waals surface area (Å²) in [4.78, 5) is 38.9. The number of carbonyl (C=O) groups excluding carboxylic acids is 2. The van der Waals surface area contributed by atoms with Gasteiger partial charge in [-0.05, 0) is 36.5 Å². The first-order valence-corrected chi connectivity index (χ1v) is 12.3. The van der Waals surface area contributed by atoms with Crippen LogP contribution in [0.15, 0.2) is 59.5 Å². The topological polar surface area (TPSA) is 89.4 Å². The number of nitrogens with zero attached hydrogens (tertiary/aromatic N) is 1. The molecule has 35 heavy (non-hydrogen) atoms. The van der Waals surface area contributed by atoms with Gasteiger partial charge in [-0.1, -0.05) is 51.0 Å². The van der Waals surface area contributed by atoms with Gasteiger partial charge in [0.25, 0.3) is 11.5 Å². The van der Waals surface area contributed by atoms with Crippen molar-refractivity contribution in [2.75, 3.05) is 13.7 Å². The summed E-state index contributed by atoms with van der Waals surface area (Å²) in [5.74, 6) is 1.28. The second-order valence-electron chi connectivity index (χ2n) is 9.41. The van der Waals surface area contributed by atoms with E-state index in [1.165, 1.54) is 11.0 Å². The summed E-state index contributed by atoms with van der Waals surface area (Å²) < 4.78 is 6.75. The van der Waals surface area contributed by atoms with Crippen LogP contribution in [-0.4, -0.2) is 36.1 Å². The Morgan fingerprint density at radius 2 is 1.83 bits per heavy atom. The molecule has 1 aliphatic carbocycles. The predicted molar refractivity (Wildman–Crippen MR) is 137 cm³/mol. The lowest BCUT2D eigenvalue weighted by atomic mass is 9.78. The maximum atomic E-state index is 13.2. The van der Waals surface area contributed by atoms with E-state index in [1.807, 2.05) is 0 Å². The van der Waals surface area contributed by atoms with Crippen LogP contribution in [0.5, 0.6) is 5.75 Å². The van der Waals surface area contributed by atoms with Crippen LogP contribution in [0, 0.1) is 11.8 Å². The maximum Gasteiger partial charge on any atom is 0.262 e. The van der Waals surface area contributed by atoms with Crippen LogP contribution < -0.4 is 20.9 Å². The van der Waals surface area contributed by atoms with Gasteiger partial charge < -0.3 is 15.4 Å². The number of benzene rings is 2. The van der Waals surface area contributed by atoms with Crippen LogP contribution >= 0.6 is 0 Å². The van der Waals surface area contributed by atoms with E-state index in [0.29, 0.717) is 39.6 Å². The Morgan fingerprint density at radius 1 is 1.06 bits per heavy atom. The van der Waals surface area contributed by atoms with Gasteiger partial charge in [0, 0.05) is 42.0 Å². The molecular formula is C28H33N3O4. The fourth-order valence-corrected chi connectivity index (χ4v) is 4.87. The van der Waals surface area contributed by atoms with E-state index in [2.05, 4.69) is 24.5 Å². The van der Waals surface area contributed by atoms with Crippen molar-refractivity contribution in [3.63, 3.8) is 0 Å². The summed E-state index contributed by atoms with van der Waals surface area (Å²) >= 11 is 0. The summed E-state index contributed by atoms with van der Waals surface area (Å²) in [5.41, 5.74) is 0.753. The van der Waals surface area contributed by atoms with Crippen molar-refractivity contribution in [2.45, 2.75) is 45.6 Å². The number of methoxy groups -OCH3 is 1. The van der Waals surface area contributed by atoms with Crippen molar-refractivity contribution in [1.82, 2.24) is 15.2 Å².